The molecule has 1 atom stereocenters. The SMILES string of the molecule is CCNC(=NCc1ccc(Oc2ccc(F)cc2)nc1)N(C)CC1CCOC1.I. The van der Waals surface area contributed by atoms with Gasteiger partial charge in [0.1, 0.15) is 11.6 Å². The lowest BCUT2D eigenvalue weighted by molar-refractivity contribution is 0.181. The van der Waals surface area contributed by atoms with Crippen molar-refractivity contribution in [3.63, 3.8) is 0 Å². The molecule has 0 aliphatic carbocycles. The molecule has 1 N–H and O–H groups in total. The molecule has 1 unspecified atom stereocenters. The van der Waals surface area contributed by atoms with Crippen molar-refractivity contribution >= 4 is 29.9 Å². The molecule has 2 heterocycles. The summed E-state index contributed by atoms with van der Waals surface area (Å²) < 4.78 is 24.0. The zero-order valence-corrected chi connectivity index (χ0v) is 19.1. The van der Waals surface area contributed by atoms with Crippen LogP contribution in [0, 0.1) is 11.7 Å². The fourth-order valence-corrected chi connectivity index (χ4v) is 3.03. The summed E-state index contributed by atoms with van der Waals surface area (Å²) in [7, 11) is 2.05. The summed E-state index contributed by atoms with van der Waals surface area (Å²) in [6.07, 6.45) is 2.85. The lowest BCUT2D eigenvalue weighted by atomic mass is 10.1. The Balaban J connectivity index is 0.00000300. The van der Waals surface area contributed by atoms with Crippen LogP contribution in [0.4, 0.5) is 4.39 Å². The van der Waals surface area contributed by atoms with E-state index in [0.29, 0.717) is 24.1 Å². The van der Waals surface area contributed by atoms with Crippen LogP contribution in [0.3, 0.4) is 0 Å². The molecule has 2 aromatic rings. The summed E-state index contributed by atoms with van der Waals surface area (Å²) >= 11 is 0. The van der Waals surface area contributed by atoms with E-state index in [-0.39, 0.29) is 29.8 Å². The minimum absolute atomic E-state index is 0. The monoisotopic (exact) mass is 514 g/mol. The molecule has 0 spiro atoms. The highest BCUT2D eigenvalue weighted by Crippen LogP contribution is 2.19. The van der Waals surface area contributed by atoms with Gasteiger partial charge in [0, 0.05) is 44.9 Å². The number of aliphatic imine (C=N–C) groups is 1. The largest absolute Gasteiger partial charge is 0.439 e. The van der Waals surface area contributed by atoms with Crippen LogP contribution in [-0.2, 0) is 11.3 Å². The summed E-state index contributed by atoms with van der Waals surface area (Å²) in [5, 5.41) is 3.33. The lowest BCUT2D eigenvalue weighted by Crippen LogP contribution is -2.41. The molecule has 3 rings (SSSR count). The quantitative estimate of drug-likeness (QED) is 0.343. The van der Waals surface area contributed by atoms with Gasteiger partial charge in [0.2, 0.25) is 5.88 Å². The number of ether oxygens (including phenoxy) is 2. The first-order valence-electron chi connectivity index (χ1n) is 9.59. The van der Waals surface area contributed by atoms with E-state index in [2.05, 4.69) is 29.2 Å². The first-order valence-corrected chi connectivity index (χ1v) is 9.59. The number of hydrogen-bond donors (Lipinski definition) is 1. The smallest absolute Gasteiger partial charge is 0.219 e. The summed E-state index contributed by atoms with van der Waals surface area (Å²) in [5.41, 5.74) is 0.986. The van der Waals surface area contributed by atoms with Crippen LogP contribution >= 0.6 is 24.0 Å². The second-order valence-electron chi connectivity index (χ2n) is 6.84. The molecule has 8 heteroatoms. The van der Waals surface area contributed by atoms with Crippen LogP contribution in [0.2, 0.25) is 0 Å². The standard InChI is InChI=1S/C21H27FN4O2.HI/c1-3-23-21(26(2)14-17-10-11-27-15-17)25-13-16-4-9-20(24-12-16)28-19-7-5-18(22)6-8-19;/h4-9,12,17H,3,10-11,13-15H2,1-2H3,(H,23,25);1H. The van der Waals surface area contributed by atoms with E-state index in [1.165, 1.54) is 12.1 Å². The zero-order valence-electron chi connectivity index (χ0n) is 16.8. The summed E-state index contributed by atoms with van der Waals surface area (Å²) in [6.45, 7) is 6.00. The predicted octanol–water partition coefficient (Wildman–Crippen LogP) is 4.06. The van der Waals surface area contributed by atoms with Crippen molar-refractivity contribution in [3.8, 4) is 11.6 Å². The van der Waals surface area contributed by atoms with E-state index < -0.39 is 0 Å². The van der Waals surface area contributed by atoms with Crippen LogP contribution in [0.15, 0.2) is 47.6 Å². The fourth-order valence-electron chi connectivity index (χ4n) is 3.03. The van der Waals surface area contributed by atoms with E-state index in [9.17, 15) is 4.39 Å². The predicted molar refractivity (Wildman–Crippen MR) is 122 cm³/mol. The third kappa shape index (κ3) is 7.43. The molecular formula is C21H28FIN4O2. The van der Waals surface area contributed by atoms with Gasteiger partial charge in [-0.2, -0.15) is 0 Å². The lowest BCUT2D eigenvalue weighted by Gasteiger charge is -2.24. The van der Waals surface area contributed by atoms with Crippen molar-refractivity contribution in [1.82, 2.24) is 15.2 Å². The second-order valence-corrected chi connectivity index (χ2v) is 6.84. The number of guanidine groups is 1. The van der Waals surface area contributed by atoms with E-state index in [1.54, 1.807) is 24.4 Å². The highest BCUT2D eigenvalue weighted by Gasteiger charge is 2.19. The van der Waals surface area contributed by atoms with Gasteiger partial charge in [-0.05, 0) is 43.2 Å². The van der Waals surface area contributed by atoms with Crippen molar-refractivity contribution in [2.45, 2.75) is 19.9 Å². The van der Waals surface area contributed by atoms with Gasteiger partial charge in [-0.1, -0.05) is 6.07 Å². The Morgan fingerprint density at radius 1 is 1.31 bits per heavy atom. The maximum Gasteiger partial charge on any atom is 0.219 e. The summed E-state index contributed by atoms with van der Waals surface area (Å²) in [5.74, 6) is 2.14. The van der Waals surface area contributed by atoms with Gasteiger partial charge in [0.05, 0.1) is 13.2 Å². The highest BCUT2D eigenvalue weighted by molar-refractivity contribution is 14.0. The van der Waals surface area contributed by atoms with Gasteiger partial charge in [-0.3, -0.25) is 0 Å². The van der Waals surface area contributed by atoms with Crippen LogP contribution < -0.4 is 10.1 Å². The molecule has 1 aromatic heterocycles. The Kier molecular flexibility index (Phi) is 9.59. The molecule has 0 amide bonds. The van der Waals surface area contributed by atoms with Gasteiger partial charge in [0.15, 0.2) is 5.96 Å². The molecule has 0 bridgehead atoms. The minimum Gasteiger partial charge on any atom is -0.439 e. The molecule has 29 heavy (non-hydrogen) atoms. The van der Waals surface area contributed by atoms with E-state index in [4.69, 9.17) is 14.5 Å². The van der Waals surface area contributed by atoms with E-state index in [0.717, 1.165) is 44.2 Å². The first kappa shape index (κ1) is 23.3. The van der Waals surface area contributed by atoms with E-state index >= 15 is 0 Å². The van der Waals surface area contributed by atoms with Crippen molar-refractivity contribution < 1.29 is 13.9 Å². The summed E-state index contributed by atoms with van der Waals surface area (Å²) in [4.78, 5) is 11.2. The van der Waals surface area contributed by atoms with Gasteiger partial charge in [-0.25, -0.2) is 14.4 Å². The van der Waals surface area contributed by atoms with Crippen LogP contribution in [0.5, 0.6) is 11.6 Å². The number of hydrogen-bond acceptors (Lipinski definition) is 4. The van der Waals surface area contributed by atoms with Gasteiger partial charge >= 0.3 is 0 Å². The maximum absolute atomic E-state index is 13.0. The molecule has 1 fully saturated rings. The Labute approximate surface area is 188 Å². The number of pyridine rings is 1. The van der Waals surface area contributed by atoms with Crippen molar-refractivity contribution in [2.75, 3.05) is 33.4 Å². The molecule has 0 saturated carbocycles. The normalized spacial score (nSPS) is 16.2. The molecule has 0 radical (unpaired) electrons. The first-order chi connectivity index (χ1) is 13.6. The summed E-state index contributed by atoms with van der Waals surface area (Å²) in [6, 6.07) is 9.58. The molecule has 1 aliphatic rings. The van der Waals surface area contributed by atoms with Gasteiger partial charge < -0.3 is 19.7 Å². The Morgan fingerprint density at radius 3 is 2.72 bits per heavy atom. The Bertz CT molecular complexity index is 765. The van der Waals surface area contributed by atoms with Crippen molar-refractivity contribution in [1.29, 1.82) is 0 Å². The van der Waals surface area contributed by atoms with Crippen molar-refractivity contribution in [3.05, 3.63) is 54.0 Å². The average molecular weight is 514 g/mol. The van der Waals surface area contributed by atoms with Gasteiger partial charge in [0.25, 0.3) is 0 Å². The third-order valence-electron chi connectivity index (χ3n) is 4.50. The number of aromatic nitrogens is 1. The number of benzene rings is 1. The molecule has 1 aliphatic heterocycles. The molecule has 6 nitrogen and oxygen atoms in total. The number of rotatable bonds is 7. The third-order valence-corrected chi connectivity index (χ3v) is 4.50. The maximum atomic E-state index is 13.0. The zero-order chi connectivity index (χ0) is 19.8. The Hall–Kier alpha value is -1.94. The topological polar surface area (TPSA) is 59.0 Å². The molecular weight excluding hydrogens is 486 g/mol. The van der Waals surface area contributed by atoms with Crippen LogP contribution in [0.1, 0.15) is 18.9 Å². The van der Waals surface area contributed by atoms with Gasteiger partial charge in [-0.15, -0.1) is 24.0 Å². The number of nitrogens with zero attached hydrogens (tertiary/aromatic N) is 3. The highest BCUT2D eigenvalue weighted by atomic mass is 127. The fraction of sp³-hybridized carbons (Fsp3) is 0.429. The van der Waals surface area contributed by atoms with Crippen LogP contribution in [0.25, 0.3) is 0 Å². The number of nitrogens with one attached hydrogen (secondary N) is 1. The second kappa shape index (κ2) is 11.9. The molecule has 1 aromatic carbocycles. The van der Waals surface area contributed by atoms with E-state index in [1.807, 2.05) is 6.07 Å². The molecule has 158 valence electrons. The Morgan fingerprint density at radius 2 is 2.10 bits per heavy atom. The molecule has 1 saturated heterocycles. The van der Waals surface area contributed by atoms with Crippen LogP contribution in [-0.4, -0.2) is 49.2 Å². The average Bonchev–Trinajstić information content (AvgIpc) is 3.21. The minimum atomic E-state index is -0.296. The number of halogens is 2. The van der Waals surface area contributed by atoms with Crippen molar-refractivity contribution in [2.24, 2.45) is 10.9 Å².